The highest BCUT2D eigenvalue weighted by atomic mass is 16.6. The molecule has 1 aliphatic rings. The van der Waals surface area contributed by atoms with Crippen molar-refractivity contribution in [1.29, 1.82) is 0 Å². The normalized spacial score (nSPS) is 27.1. The Kier molecular flexibility index (Phi) is 3.25. The van der Waals surface area contributed by atoms with Crippen LogP contribution < -0.4 is 5.32 Å². The van der Waals surface area contributed by atoms with Gasteiger partial charge in [0.25, 0.3) is 0 Å². The molecule has 0 spiro atoms. The second kappa shape index (κ2) is 4.23. The zero-order chi connectivity index (χ0) is 9.84. The summed E-state index contributed by atoms with van der Waals surface area (Å²) in [5, 5.41) is 2.57. The van der Waals surface area contributed by atoms with Crippen molar-refractivity contribution >= 4 is 11.9 Å². The summed E-state index contributed by atoms with van der Waals surface area (Å²) in [6.45, 7) is 3.60. The lowest BCUT2D eigenvalue weighted by Gasteiger charge is -2.17. The van der Waals surface area contributed by atoms with Crippen molar-refractivity contribution in [3.8, 4) is 0 Å². The molecule has 1 saturated heterocycles. The third-order valence-electron chi connectivity index (χ3n) is 1.69. The zero-order valence-electron chi connectivity index (χ0n) is 7.70. The molecule has 0 aromatic heterocycles. The lowest BCUT2D eigenvalue weighted by Crippen LogP contribution is -2.36. The van der Waals surface area contributed by atoms with Crippen LogP contribution in [0.3, 0.4) is 0 Å². The maximum absolute atomic E-state index is 10.9. The summed E-state index contributed by atoms with van der Waals surface area (Å²) in [5.74, 6) is -0.545. The van der Waals surface area contributed by atoms with Crippen LogP contribution in [0.15, 0.2) is 0 Å². The van der Waals surface area contributed by atoms with Crippen molar-refractivity contribution in [3.63, 3.8) is 0 Å². The minimum absolute atomic E-state index is 0.148. The first-order valence-electron chi connectivity index (χ1n) is 4.21. The predicted octanol–water partition coefficient (Wildman–Crippen LogP) is -0.199. The number of nitrogens with one attached hydrogen (secondary N) is 1. The lowest BCUT2D eigenvalue weighted by atomic mass is 10.3. The second-order valence-electron chi connectivity index (χ2n) is 2.80. The minimum atomic E-state index is -0.485. The molecule has 1 N–H and O–H groups in total. The first-order valence-corrected chi connectivity index (χ1v) is 4.21. The van der Waals surface area contributed by atoms with Gasteiger partial charge in [0, 0.05) is 13.5 Å². The summed E-state index contributed by atoms with van der Waals surface area (Å²) >= 11 is 0. The average Bonchev–Trinajstić information content (AvgIpc) is 2.31. The Morgan fingerprint density at radius 3 is 2.92 bits per heavy atom. The SMILES string of the molecule is CCO[C@H]1NC(=O)C[C@@H]1OC(C)=O. The van der Waals surface area contributed by atoms with E-state index in [1.807, 2.05) is 6.92 Å². The number of carbonyl (C=O) groups excluding carboxylic acids is 2. The van der Waals surface area contributed by atoms with Crippen LogP contribution in [0.2, 0.25) is 0 Å². The number of ether oxygens (including phenoxy) is 2. The molecule has 1 amide bonds. The molecule has 0 bridgehead atoms. The highest BCUT2D eigenvalue weighted by molar-refractivity contribution is 5.80. The van der Waals surface area contributed by atoms with Crippen molar-refractivity contribution in [2.24, 2.45) is 0 Å². The molecule has 74 valence electrons. The quantitative estimate of drug-likeness (QED) is 0.621. The Morgan fingerprint density at radius 2 is 2.38 bits per heavy atom. The summed E-state index contributed by atoms with van der Waals surface area (Å²) in [4.78, 5) is 21.6. The summed E-state index contributed by atoms with van der Waals surface area (Å²) in [6.07, 6.45) is -0.782. The number of rotatable bonds is 3. The van der Waals surface area contributed by atoms with Crippen LogP contribution in [0.4, 0.5) is 0 Å². The van der Waals surface area contributed by atoms with Crippen molar-refractivity contribution in [2.75, 3.05) is 6.61 Å². The van der Waals surface area contributed by atoms with Gasteiger partial charge in [0.1, 0.15) is 0 Å². The monoisotopic (exact) mass is 187 g/mol. The summed E-state index contributed by atoms with van der Waals surface area (Å²) in [6, 6.07) is 0. The van der Waals surface area contributed by atoms with Crippen LogP contribution in [-0.4, -0.2) is 30.8 Å². The fourth-order valence-corrected chi connectivity index (χ4v) is 1.25. The number of hydrogen-bond donors (Lipinski definition) is 1. The molecule has 5 nitrogen and oxygen atoms in total. The van der Waals surface area contributed by atoms with Gasteiger partial charge in [-0.25, -0.2) is 0 Å². The largest absolute Gasteiger partial charge is 0.457 e. The molecule has 13 heavy (non-hydrogen) atoms. The number of carbonyl (C=O) groups is 2. The van der Waals surface area contributed by atoms with E-state index in [0.717, 1.165) is 0 Å². The van der Waals surface area contributed by atoms with Gasteiger partial charge in [-0.05, 0) is 6.92 Å². The third kappa shape index (κ3) is 2.69. The van der Waals surface area contributed by atoms with Gasteiger partial charge >= 0.3 is 5.97 Å². The van der Waals surface area contributed by atoms with Gasteiger partial charge < -0.3 is 14.8 Å². The summed E-state index contributed by atoms with van der Waals surface area (Å²) in [7, 11) is 0. The van der Waals surface area contributed by atoms with Crippen molar-refractivity contribution in [2.45, 2.75) is 32.6 Å². The average molecular weight is 187 g/mol. The molecular weight excluding hydrogens is 174 g/mol. The van der Waals surface area contributed by atoms with E-state index < -0.39 is 18.3 Å². The van der Waals surface area contributed by atoms with E-state index in [4.69, 9.17) is 9.47 Å². The van der Waals surface area contributed by atoms with Crippen LogP contribution >= 0.6 is 0 Å². The standard InChI is InChI=1S/C8H13NO4/c1-3-12-8-6(13-5(2)10)4-7(11)9-8/h6,8H,3-4H2,1-2H3,(H,9,11)/t6-,8+/m0/s1. The molecule has 0 aliphatic carbocycles. The van der Waals surface area contributed by atoms with Gasteiger partial charge in [0.05, 0.1) is 6.42 Å². The van der Waals surface area contributed by atoms with Gasteiger partial charge in [-0.15, -0.1) is 0 Å². The van der Waals surface area contributed by atoms with E-state index in [1.165, 1.54) is 6.92 Å². The van der Waals surface area contributed by atoms with E-state index in [-0.39, 0.29) is 12.3 Å². The van der Waals surface area contributed by atoms with E-state index in [1.54, 1.807) is 0 Å². The van der Waals surface area contributed by atoms with Gasteiger partial charge in [-0.1, -0.05) is 0 Å². The Bertz CT molecular complexity index is 216. The molecule has 0 radical (unpaired) electrons. The molecular formula is C8H13NO4. The van der Waals surface area contributed by atoms with Crippen molar-refractivity contribution in [1.82, 2.24) is 5.32 Å². The van der Waals surface area contributed by atoms with E-state index in [0.29, 0.717) is 6.61 Å². The maximum Gasteiger partial charge on any atom is 0.303 e. The van der Waals surface area contributed by atoms with Crippen LogP contribution in [0.1, 0.15) is 20.3 Å². The van der Waals surface area contributed by atoms with E-state index >= 15 is 0 Å². The summed E-state index contributed by atoms with van der Waals surface area (Å²) in [5.41, 5.74) is 0. The smallest absolute Gasteiger partial charge is 0.303 e. The lowest BCUT2D eigenvalue weighted by molar-refractivity contribution is -0.153. The molecule has 1 heterocycles. The van der Waals surface area contributed by atoms with E-state index in [9.17, 15) is 9.59 Å². The Labute approximate surface area is 76.4 Å². The third-order valence-corrected chi connectivity index (χ3v) is 1.69. The van der Waals surface area contributed by atoms with Gasteiger partial charge in [-0.2, -0.15) is 0 Å². The molecule has 0 aromatic carbocycles. The molecule has 0 unspecified atom stereocenters. The maximum atomic E-state index is 10.9. The second-order valence-corrected chi connectivity index (χ2v) is 2.80. The molecule has 5 heteroatoms. The topological polar surface area (TPSA) is 64.6 Å². The Balaban J connectivity index is 2.49. The van der Waals surface area contributed by atoms with Gasteiger partial charge in [0.15, 0.2) is 12.3 Å². The molecule has 0 saturated carbocycles. The molecule has 1 aliphatic heterocycles. The van der Waals surface area contributed by atoms with Gasteiger partial charge in [0.2, 0.25) is 5.91 Å². The van der Waals surface area contributed by atoms with Gasteiger partial charge in [-0.3, -0.25) is 9.59 Å². The van der Waals surface area contributed by atoms with Crippen molar-refractivity contribution in [3.05, 3.63) is 0 Å². The first kappa shape index (κ1) is 9.98. The highest BCUT2D eigenvalue weighted by Crippen LogP contribution is 2.13. The fraction of sp³-hybridized carbons (Fsp3) is 0.750. The van der Waals surface area contributed by atoms with Crippen LogP contribution in [0.5, 0.6) is 0 Å². The van der Waals surface area contributed by atoms with Crippen LogP contribution in [0, 0.1) is 0 Å². The zero-order valence-corrected chi connectivity index (χ0v) is 7.70. The molecule has 1 fully saturated rings. The molecule has 1 rings (SSSR count). The Morgan fingerprint density at radius 1 is 1.69 bits per heavy atom. The number of esters is 1. The number of amides is 1. The summed E-state index contributed by atoms with van der Waals surface area (Å²) < 4.78 is 10.1. The minimum Gasteiger partial charge on any atom is -0.457 e. The van der Waals surface area contributed by atoms with Crippen LogP contribution in [0.25, 0.3) is 0 Å². The molecule has 0 aromatic rings. The van der Waals surface area contributed by atoms with E-state index in [2.05, 4.69) is 5.32 Å². The highest BCUT2D eigenvalue weighted by Gasteiger charge is 2.35. The number of hydrogen-bond acceptors (Lipinski definition) is 4. The Hall–Kier alpha value is -1.10. The fourth-order valence-electron chi connectivity index (χ4n) is 1.25. The van der Waals surface area contributed by atoms with Crippen molar-refractivity contribution < 1.29 is 19.1 Å². The predicted molar refractivity (Wildman–Crippen MR) is 43.7 cm³/mol. The first-order chi connectivity index (χ1) is 6.13. The van der Waals surface area contributed by atoms with Crippen LogP contribution in [-0.2, 0) is 19.1 Å². The molecule has 2 atom stereocenters.